The molecule has 0 unspecified atom stereocenters. The first-order valence-electron chi connectivity index (χ1n) is 9.44. The van der Waals surface area contributed by atoms with Gasteiger partial charge in [0.2, 0.25) is 5.91 Å². The summed E-state index contributed by atoms with van der Waals surface area (Å²) in [5.74, 6) is -0.727. The van der Waals surface area contributed by atoms with Crippen LogP contribution in [0.15, 0.2) is 36.4 Å². The van der Waals surface area contributed by atoms with E-state index in [9.17, 15) is 19.7 Å². The fraction of sp³-hybridized carbons (Fsp3) is 0.333. The van der Waals surface area contributed by atoms with Crippen molar-refractivity contribution in [3.63, 3.8) is 0 Å². The molecule has 0 fully saturated rings. The molecule has 160 valence electrons. The zero-order valence-corrected chi connectivity index (χ0v) is 17.4. The zero-order chi connectivity index (χ0) is 22.3. The summed E-state index contributed by atoms with van der Waals surface area (Å²) in [5, 5.41) is 14.3. The number of methoxy groups -OCH3 is 1. The van der Waals surface area contributed by atoms with Crippen LogP contribution in [-0.4, -0.2) is 48.9 Å². The van der Waals surface area contributed by atoms with Crippen LogP contribution in [0, 0.1) is 10.1 Å². The number of carbonyl (C=O) groups is 2. The van der Waals surface area contributed by atoms with Crippen LogP contribution in [0.4, 0.5) is 11.4 Å². The van der Waals surface area contributed by atoms with Gasteiger partial charge in [-0.1, -0.05) is 25.1 Å². The van der Waals surface area contributed by atoms with E-state index in [1.807, 2.05) is 19.1 Å². The molecule has 9 heteroatoms. The second kappa shape index (κ2) is 10.2. The molecule has 0 atom stereocenters. The second-order valence-corrected chi connectivity index (χ2v) is 6.43. The van der Waals surface area contributed by atoms with Crippen LogP contribution in [0.2, 0.25) is 0 Å². The number of ether oxygens (including phenoxy) is 2. The van der Waals surface area contributed by atoms with Gasteiger partial charge in [0.05, 0.1) is 31.3 Å². The number of hydrogen-bond donors (Lipinski definition) is 1. The van der Waals surface area contributed by atoms with Gasteiger partial charge in [0.15, 0.2) is 11.5 Å². The molecule has 0 aliphatic heterocycles. The topological polar surface area (TPSA) is 111 Å². The highest BCUT2D eigenvalue weighted by molar-refractivity contribution is 6.02. The first-order chi connectivity index (χ1) is 14.3. The first-order valence-corrected chi connectivity index (χ1v) is 9.44. The Morgan fingerprint density at radius 1 is 1.17 bits per heavy atom. The van der Waals surface area contributed by atoms with Gasteiger partial charge in [-0.3, -0.25) is 19.7 Å². The molecule has 9 nitrogen and oxygen atoms in total. The van der Waals surface area contributed by atoms with E-state index in [4.69, 9.17) is 9.47 Å². The summed E-state index contributed by atoms with van der Waals surface area (Å²) in [6.07, 6.45) is 0.739. The summed E-state index contributed by atoms with van der Waals surface area (Å²) in [6, 6.07) is 9.77. The third-order valence-corrected chi connectivity index (χ3v) is 4.41. The third-order valence-electron chi connectivity index (χ3n) is 4.41. The summed E-state index contributed by atoms with van der Waals surface area (Å²) in [7, 11) is 2.78. The number of nitro groups is 1. The number of likely N-dealkylation sites (N-methyl/N-ethyl adjacent to an activating group) is 1. The maximum Gasteiger partial charge on any atom is 0.286 e. The Kier molecular flexibility index (Phi) is 7.74. The molecule has 0 radical (unpaired) electrons. The quantitative estimate of drug-likeness (QED) is 0.497. The Hall–Kier alpha value is -3.62. The number of aryl methyl sites for hydroxylation is 1. The number of rotatable bonds is 9. The second-order valence-electron chi connectivity index (χ2n) is 6.43. The Morgan fingerprint density at radius 2 is 1.87 bits per heavy atom. The van der Waals surface area contributed by atoms with Crippen LogP contribution in [0.25, 0.3) is 0 Å². The van der Waals surface area contributed by atoms with Crippen molar-refractivity contribution in [2.45, 2.75) is 20.3 Å². The van der Waals surface area contributed by atoms with Crippen LogP contribution in [0.1, 0.15) is 29.8 Å². The lowest BCUT2D eigenvalue weighted by Gasteiger charge is -2.18. The predicted molar refractivity (Wildman–Crippen MR) is 112 cm³/mol. The van der Waals surface area contributed by atoms with Crippen molar-refractivity contribution in [1.29, 1.82) is 0 Å². The first kappa shape index (κ1) is 22.7. The van der Waals surface area contributed by atoms with Crippen LogP contribution in [0.5, 0.6) is 11.5 Å². The van der Waals surface area contributed by atoms with Crippen LogP contribution in [-0.2, 0) is 11.2 Å². The van der Waals surface area contributed by atoms with Crippen LogP contribution in [0.3, 0.4) is 0 Å². The molecule has 0 aromatic heterocycles. The summed E-state index contributed by atoms with van der Waals surface area (Å²) in [5.41, 5.74) is 1.02. The highest BCUT2D eigenvalue weighted by Gasteiger charge is 2.27. The minimum Gasteiger partial charge on any atom is -0.493 e. The van der Waals surface area contributed by atoms with E-state index in [-0.39, 0.29) is 30.2 Å². The number of nitrogens with one attached hydrogen (secondary N) is 1. The lowest BCUT2D eigenvalue weighted by molar-refractivity contribution is -0.385. The number of para-hydroxylation sites is 1. The van der Waals surface area contributed by atoms with E-state index in [1.165, 1.54) is 20.2 Å². The van der Waals surface area contributed by atoms with Crippen LogP contribution < -0.4 is 14.8 Å². The Morgan fingerprint density at radius 3 is 2.47 bits per heavy atom. The number of benzene rings is 2. The van der Waals surface area contributed by atoms with E-state index >= 15 is 0 Å². The van der Waals surface area contributed by atoms with Gasteiger partial charge < -0.3 is 19.7 Å². The average molecular weight is 415 g/mol. The molecule has 2 rings (SSSR count). The summed E-state index contributed by atoms with van der Waals surface area (Å²) < 4.78 is 10.5. The van der Waals surface area contributed by atoms with Crippen molar-refractivity contribution < 1.29 is 24.0 Å². The molecular formula is C21H25N3O6. The maximum atomic E-state index is 12.9. The van der Waals surface area contributed by atoms with E-state index < -0.39 is 22.4 Å². The minimum absolute atomic E-state index is 0.166. The molecule has 0 heterocycles. The average Bonchev–Trinajstić information content (AvgIpc) is 2.73. The molecule has 2 aromatic rings. The molecule has 0 saturated carbocycles. The standard InChI is InChI=1S/C21H25N3O6/c1-5-14-9-7-8-10-16(14)22-20(25)13-23(3)21(26)15-11-18(29-4)19(30-6-2)12-17(15)24(27)28/h7-12H,5-6,13H2,1-4H3,(H,22,25). The molecule has 0 spiro atoms. The summed E-state index contributed by atoms with van der Waals surface area (Å²) in [4.78, 5) is 37.2. The number of anilines is 1. The predicted octanol–water partition coefficient (Wildman–Crippen LogP) is 3.28. The molecule has 0 aliphatic carbocycles. The molecule has 2 aromatic carbocycles. The number of hydrogen-bond acceptors (Lipinski definition) is 6. The molecule has 0 bridgehead atoms. The smallest absolute Gasteiger partial charge is 0.286 e. The van der Waals surface area contributed by atoms with Crippen molar-refractivity contribution >= 4 is 23.2 Å². The monoisotopic (exact) mass is 415 g/mol. The Balaban J connectivity index is 2.24. The molecule has 30 heavy (non-hydrogen) atoms. The number of nitrogens with zero attached hydrogens (tertiary/aromatic N) is 2. The Bertz CT molecular complexity index is 944. The summed E-state index contributed by atoms with van der Waals surface area (Å²) in [6.45, 7) is 3.70. The van der Waals surface area contributed by atoms with Crippen molar-refractivity contribution in [2.75, 3.05) is 32.6 Å². The largest absolute Gasteiger partial charge is 0.493 e. The molecular weight excluding hydrogens is 390 g/mol. The summed E-state index contributed by atoms with van der Waals surface area (Å²) >= 11 is 0. The number of amides is 2. The molecule has 2 amide bonds. The lowest BCUT2D eigenvalue weighted by Crippen LogP contribution is -2.35. The SMILES string of the molecule is CCOc1cc([N+](=O)[O-])c(C(=O)N(C)CC(=O)Nc2ccccc2CC)cc1OC. The van der Waals surface area contributed by atoms with Crippen molar-refractivity contribution in [3.05, 3.63) is 57.6 Å². The molecule has 1 N–H and O–H groups in total. The lowest BCUT2D eigenvalue weighted by atomic mass is 10.1. The third kappa shape index (κ3) is 5.25. The van der Waals surface area contributed by atoms with E-state index in [1.54, 1.807) is 19.1 Å². The van der Waals surface area contributed by atoms with E-state index in [2.05, 4.69) is 5.32 Å². The van der Waals surface area contributed by atoms with Crippen LogP contribution >= 0.6 is 0 Å². The number of nitro benzene ring substituents is 1. The number of carbonyl (C=O) groups excluding carboxylic acids is 2. The highest BCUT2D eigenvalue weighted by Crippen LogP contribution is 2.35. The van der Waals surface area contributed by atoms with Crippen molar-refractivity contribution in [1.82, 2.24) is 4.90 Å². The van der Waals surface area contributed by atoms with E-state index in [0.717, 1.165) is 23.0 Å². The maximum absolute atomic E-state index is 12.9. The van der Waals surface area contributed by atoms with Gasteiger partial charge in [0, 0.05) is 18.8 Å². The normalized spacial score (nSPS) is 10.3. The van der Waals surface area contributed by atoms with E-state index in [0.29, 0.717) is 5.69 Å². The van der Waals surface area contributed by atoms with Crippen molar-refractivity contribution in [3.8, 4) is 11.5 Å². The van der Waals surface area contributed by atoms with Gasteiger partial charge in [-0.15, -0.1) is 0 Å². The fourth-order valence-corrected chi connectivity index (χ4v) is 2.93. The van der Waals surface area contributed by atoms with Gasteiger partial charge >= 0.3 is 0 Å². The van der Waals surface area contributed by atoms with Gasteiger partial charge in [-0.2, -0.15) is 0 Å². The fourth-order valence-electron chi connectivity index (χ4n) is 2.93. The van der Waals surface area contributed by atoms with Gasteiger partial charge in [-0.05, 0) is 25.0 Å². The van der Waals surface area contributed by atoms with Gasteiger partial charge in [-0.25, -0.2) is 0 Å². The van der Waals surface area contributed by atoms with Gasteiger partial charge in [0.1, 0.15) is 5.56 Å². The highest BCUT2D eigenvalue weighted by atomic mass is 16.6. The van der Waals surface area contributed by atoms with Crippen molar-refractivity contribution in [2.24, 2.45) is 0 Å². The molecule has 0 aliphatic rings. The zero-order valence-electron chi connectivity index (χ0n) is 17.4. The van der Waals surface area contributed by atoms with Gasteiger partial charge in [0.25, 0.3) is 11.6 Å². The molecule has 0 saturated heterocycles. The Labute approximate surface area is 174 Å². The minimum atomic E-state index is -0.679.